The maximum atomic E-state index is 12.4. The van der Waals surface area contributed by atoms with Crippen molar-refractivity contribution in [1.29, 1.82) is 0 Å². The summed E-state index contributed by atoms with van der Waals surface area (Å²) in [4.78, 5) is 23.5. The number of amides is 1. The highest BCUT2D eigenvalue weighted by atomic mass is 16.4. The minimum absolute atomic E-state index is 0.152. The lowest BCUT2D eigenvalue weighted by Crippen LogP contribution is -2.30. The van der Waals surface area contributed by atoms with Crippen LogP contribution in [0.2, 0.25) is 0 Å². The number of aryl methyl sites for hydroxylation is 2. The van der Waals surface area contributed by atoms with Crippen molar-refractivity contribution >= 4 is 11.9 Å². The Morgan fingerprint density at radius 3 is 2.36 bits per heavy atom. The number of nitrogens with one attached hydrogen (secondary N) is 1. The topological polar surface area (TPSA) is 66.4 Å². The molecule has 0 aromatic heterocycles. The van der Waals surface area contributed by atoms with Gasteiger partial charge in [-0.2, -0.15) is 0 Å². The molecule has 0 bridgehead atoms. The number of hydrogen-bond donors (Lipinski definition) is 2. The minimum Gasteiger partial charge on any atom is -0.481 e. The standard InChI is InChI=1S/C18H19NO3/c1-12-8-9-15(13(2)10-12)18(22)19-16(11-17(20)21)14-6-4-3-5-7-14/h3-10,16H,11H2,1-2H3,(H,19,22)(H,20,21). The SMILES string of the molecule is Cc1ccc(C(=O)NC(CC(=O)O)c2ccccc2)c(C)c1. The number of hydrogen-bond acceptors (Lipinski definition) is 2. The summed E-state index contributed by atoms with van der Waals surface area (Å²) in [5.41, 5.74) is 3.30. The first-order valence-electron chi connectivity index (χ1n) is 7.12. The number of aliphatic carboxylic acids is 1. The van der Waals surface area contributed by atoms with Crippen molar-refractivity contribution in [2.24, 2.45) is 0 Å². The molecule has 0 saturated heterocycles. The van der Waals surface area contributed by atoms with Crippen molar-refractivity contribution in [2.45, 2.75) is 26.3 Å². The summed E-state index contributed by atoms with van der Waals surface area (Å²) >= 11 is 0. The Morgan fingerprint density at radius 2 is 1.77 bits per heavy atom. The van der Waals surface area contributed by atoms with Crippen LogP contribution in [-0.2, 0) is 4.79 Å². The van der Waals surface area contributed by atoms with Crippen molar-refractivity contribution in [3.8, 4) is 0 Å². The Kier molecular flexibility index (Phi) is 4.94. The third kappa shape index (κ3) is 3.95. The van der Waals surface area contributed by atoms with Gasteiger partial charge in [0.2, 0.25) is 0 Å². The normalized spacial score (nSPS) is 11.7. The lowest BCUT2D eigenvalue weighted by Gasteiger charge is -2.18. The van der Waals surface area contributed by atoms with Crippen LogP contribution in [0, 0.1) is 13.8 Å². The second-order valence-electron chi connectivity index (χ2n) is 5.35. The molecule has 0 saturated carbocycles. The zero-order valence-electron chi connectivity index (χ0n) is 12.7. The molecule has 0 aliphatic carbocycles. The summed E-state index contributed by atoms with van der Waals surface area (Å²) in [6.07, 6.45) is -0.152. The van der Waals surface area contributed by atoms with Crippen LogP contribution in [0.1, 0.15) is 39.5 Å². The summed E-state index contributed by atoms with van der Waals surface area (Å²) in [7, 11) is 0. The molecule has 114 valence electrons. The Hall–Kier alpha value is -2.62. The number of carboxylic acid groups (broad SMARTS) is 1. The van der Waals surface area contributed by atoms with Crippen LogP contribution < -0.4 is 5.32 Å². The van der Waals surface area contributed by atoms with Gasteiger partial charge in [-0.15, -0.1) is 0 Å². The van der Waals surface area contributed by atoms with Crippen molar-refractivity contribution < 1.29 is 14.7 Å². The molecule has 4 heteroatoms. The molecule has 1 atom stereocenters. The molecule has 1 unspecified atom stereocenters. The van der Waals surface area contributed by atoms with Gasteiger partial charge >= 0.3 is 5.97 Å². The van der Waals surface area contributed by atoms with Crippen molar-refractivity contribution in [3.63, 3.8) is 0 Å². The van der Waals surface area contributed by atoms with Gasteiger partial charge in [0, 0.05) is 5.56 Å². The first-order valence-corrected chi connectivity index (χ1v) is 7.12. The Balaban J connectivity index is 2.23. The fourth-order valence-electron chi connectivity index (χ4n) is 2.42. The number of carbonyl (C=O) groups excluding carboxylic acids is 1. The predicted molar refractivity (Wildman–Crippen MR) is 84.8 cm³/mol. The largest absolute Gasteiger partial charge is 0.481 e. The van der Waals surface area contributed by atoms with Gasteiger partial charge in [-0.05, 0) is 31.0 Å². The zero-order chi connectivity index (χ0) is 16.1. The molecule has 2 aromatic carbocycles. The third-order valence-electron chi connectivity index (χ3n) is 3.51. The van der Waals surface area contributed by atoms with Crippen LogP contribution >= 0.6 is 0 Å². The molecule has 0 spiro atoms. The van der Waals surface area contributed by atoms with E-state index in [1.165, 1.54) is 0 Å². The predicted octanol–water partition coefficient (Wildman–Crippen LogP) is 3.25. The smallest absolute Gasteiger partial charge is 0.305 e. The highest BCUT2D eigenvalue weighted by Gasteiger charge is 2.19. The Morgan fingerprint density at radius 1 is 1.09 bits per heavy atom. The highest BCUT2D eigenvalue weighted by Crippen LogP contribution is 2.18. The minimum atomic E-state index is -0.949. The van der Waals surface area contributed by atoms with E-state index in [1.807, 2.05) is 56.3 Å². The van der Waals surface area contributed by atoms with Crippen LogP contribution in [0.5, 0.6) is 0 Å². The molecule has 0 radical (unpaired) electrons. The van der Waals surface area contributed by atoms with Crippen molar-refractivity contribution in [3.05, 3.63) is 70.8 Å². The molecule has 2 rings (SSSR count). The molecule has 2 N–H and O–H groups in total. The summed E-state index contributed by atoms with van der Waals surface area (Å²) < 4.78 is 0. The summed E-state index contributed by atoms with van der Waals surface area (Å²) in [5, 5.41) is 11.9. The van der Waals surface area contributed by atoms with Crippen molar-refractivity contribution in [1.82, 2.24) is 5.32 Å². The number of carboxylic acids is 1. The Bertz CT molecular complexity index is 680. The van der Waals surface area contributed by atoms with E-state index in [9.17, 15) is 9.59 Å². The molecule has 1 amide bonds. The highest BCUT2D eigenvalue weighted by molar-refractivity contribution is 5.96. The van der Waals surface area contributed by atoms with E-state index in [2.05, 4.69) is 5.32 Å². The third-order valence-corrected chi connectivity index (χ3v) is 3.51. The van der Waals surface area contributed by atoms with Gasteiger partial charge in [0.1, 0.15) is 0 Å². The van der Waals surface area contributed by atoms with Gasteiger partial charge in [0.05, 0.1) is 12.5 Å². The molecule has 0 aliphatic rings. The molecular weight excluding hydrogens is 278 g/mol. The fourth-order valence-corrected chi connectivity index (χ4v) is 2.42. The van der Waals surface area contributed by atoms with Crippen LogP contribution in [0.4, 0.5) is 0 Å². The molecule has 0 aliphatic heterocycles. The number of rotatable bonds is 5. The van der Waals surface area contributed by atoms with E-state index in [1.54, 1.807) is 6.07 Å². The Labute approximate surface area is 129 Å². The van der Waals surface area contributed by atoms with E-state index in [-0.39, 0.29) is 12.3 Å². The lowest BCUT2D eigenvalue weighted by atomic mass is 10.0. The van der Waals surface area contributed by atoms with E-state index < -0.39 is 12.0 Å². The maximum Gasteiger partial charge on any atom is 0.305 e. The fraction of sp³-hybridized carbons (Fsp3) is 0.222. The van der Waals surface area contributed by atoms with Gasteiger partial charge < -0.3 is 10.4 Å². The molecule has 0 fully saturated rings. The first kappa shape index (κ1) is 15.8. The first-order chi connectivity index (χ1) is 10.5. The monoisotopic (exact) mass is 297 g/mol. The van der Waals surface area contributed by atoms with Gasteiger partial charge in [0.25, 0.3) is 5.91 Å². The average molecular weight is 297 g/mol. The molecule has 2 aromatic rings. The van der Waals surface area contributed by atoms with E-state index in [4.69, 9.17) is 5.11 Å². The van der Waals surface area contributed by atoms with Crippen LogP contribution in [-0.4, -0.2) is 17.0 Å². The van der Waals surface area contributed by atoms with Crippen LogP contribution in [0.3, 0.4) is 0 Å². The van der Waals surface area contributed by atoms with Gasteiger partial charge in [-0.1, -0.05) is 48.0 Å². The molecular formula is C18H19NO3. The lowest BCUT2D eigenvalue weighted by molar-refractivity contribution is -0.137. The van der Waals surface area contributed by atoms with Crippen molar-refractivity contribution in [2.75, 3.05) is 0 Å². The van der Waals surface area contributed by atoms with E-state index in [0.29, 0.717) is 5.56 Å². The second kappa shape index (κ2) is 6.89. The van der Waals surface area contributed by atoms with Gasteiger partial charge in [0.15, 0.2) is 0 Å². The summed E-state index contributed by atoms with van der Waals surface area (Å²) in [6, 6.07) is 14.2. The van der Waals surface area contributed by atoms with E-state index in [0.717, 1.165) is 16.7 Å². The summed E-state index contributed by atoms with van der Waals surface area (Å²) in [6.45, 7) is 3.84. The number of carbonyl (C=O) groups is 2. The zero-order valence-corrected chi connectivity index (χ0v) is 12.7. The van der Waals surface area contributed by atoms with E-state index >= 15 is 0 Å². The second-order valence-corrected chi connectivity index (χ2v) is 5.35. The van der Waals surface area contributed by atoms with Crippen LogP contribution in [0.15, 0.2) is 48.5 Å². The maximum absolute atomic E-state index is 12.4. The summed E-state index contributed by atoms with van der Waals surface area (Å²) in [5.74, 6) is -1.21. The quantitative estimate of drug-likeness (QED) is 0.890. The van der Waals surface area contributed by atoms with Gasteiger partial charge in [-0.25, -0.2) is 0 Å². The molecule has 4 nitrogen and oxygen atoms in total. The molecule has 22 heavy (non-hydrogen) atoms. The number of benzene rings is 2. The van der Waals surface area contributed by atoms with Crippen LogP contribution in [0.25, 0.3) is 0 Å². The van der Waals surface area contributed by atoms with Gasteiger partial charge in [-0.3, -0.25) is 9.59 Å². The average Bonchev–Trinajstić information content (AvgIpc) is 2.46. The molecule has 0 heterocycles.